The first-order valence-electron chi connectivity index (χ1n) is 7.10. The second kappa shape index (κ2) is 7.64. The fraction of sp³-hybridized carbons (Fsp3) is 0.600. The summed E-state index contributed by atoms with van der Waals surface area (Å²) in [6.45, 7) is 6.31. The highest BCUT2D eigenvalue weighted by molar-refractivity contribution is 7.92. The summed E-state index contributed by atoms with van der Waals surface area (Å²) < 4.78 is 29.6. The molecule has 0 aliphatic rings. The Kier molecular flexibility index (Phi) is 6.49. The molecule has 0 aliphatic heterocycles. The van der Waals surface area contributed by atoms with Crippen molar-refractivity contribution in [2.45, 2.75) is 44.9 Å². The minimum Gasteiger partial charge on any atom is -0.494 e. The van der Waals surface area contributed by atoms with Crippen LogP contribution >= 0.6 is 0 Å². The zero-order chi connectivity index (χ0) is 15.2. The fourth-order valence-electron chi connectivity index (χ4n) is 1.80. The maximum absolute atomic E-state index is 12.0. The predicted molar refractivity (Wildman–Crippen MR) is 82.7 cm³/mol. The van der Waals surface area contributed by atoms with Gasteiger partial charge < -0.3 is 10.5 Å². The van der Waals surface area contributed by atoms with Crippen molar-refractivity contribution < 1.29 is 13.2 Å². The van der Waals surface area contributed by atoms with Gasteiger partial charge in [0.25, 0.3) is 0 Å². The summed E-state index contributed by atoms with van der Waals surface area (Å²) in [5, 5.41) is -0.347. The van der Waals surface area contributed by atoms with E-state index in [1.807, 2.05) is 38.1 Å². The van der Waals surface area contributed by atoms with Crippen LogP contribution in [0.4, 0.5) is 0 Å². The van der Waals surface area contributed by atoms with Crippen molar-refractivity contribution in [3.8, 4) is 5.75 Å². The van der Waals surface area contributed by atoms with Gasteiger partial charge in [0.15, 0.2) is 9.84 Å². The minimum atomic E-state index is -3.14. The molecule has 1 rings (SSSR count). The fourth-order valence-corrected chi connectivity index (χ4v) is 3.33. The number of benzene rings is 1. The molecule has 4 nitrogen and oxygen atoms in total. The molecular formula is C15H25NO3S. The summed E-state index contributed by atoms with van der Waals surface area (Å²) in [4.78, 5) is 0. The van der Waals surface area contributed by atoms with Gasteiger partial charge in [-0.3, -0.25) is 0 Å². The van der Waals surface area contributed by atoms with Gasteiger partial charge in [0.1, 0.15) is 5.75 Å². The van der Waals surface area contributed by atoms with Crippen LogP contribution in [-0.4, -0.2) is 26.0 Å². The molecular weight excluding hydrogens is 274 g/mol. The average molecular weight is 299 g/mol. The normalized spacial score (nSPS) is 14.8. The van der Waals surface area contributed by atoms with Gasteiger partial charge in [0.2, 0.25) is 0 Å². The summed E-state index contributed by atoms with van der Waals surface area (Å²) in [5.74, 6) is 0.768. The van der Waals surface area contributed by atoms with E-state index in [2.05, 4.69) is 0 Å². The molecule has 0 radical (unpaired) electrons. The van der Waals surface area contributed by atoms with Gasteiger partial charge >= 0.3 is 0 Å². The van der Waals surface area contributed by atoms with E-state index in [0.717, 1.165) is 17.7 Å². The molecule has 0 saturated heterocycles. The SMILES string of the molecule is CCCOc1ccc(C(N)CS(=O)(=O)C(C)CC)cc1. The lowest BCUT2D eigenvalue weighted by molar-refractivity contribution is 0.317. The van der Waals surface area contributed by atoms with Crippen LogP contribution in [0.2, 0.25) is 0 Å². The minimum absolute atomic E-state index is 0.0167. The molecule has 0 spiro atoms. The second-order valence-electron chi connectivity index (χ2n) is 5.07. The first-order valence-corrected chi connectivity index (χ1v) is 8.82. The number of rotatable bonds is 8. The lowest BCUT2D eigenvalue weighted by Gasteiger charge is -2.16. The summed E-state index contributed by atoms with van der Waals surface area (Å²) in [5.41, 5.74) is 6.82. The number of nitrogens with two attached hydrogens (primary N) is 1. The van der Waals surface area contributed by atoms with Crippen molar-refractivity contribution in [3.63, 3.8) is 0 Å². The Morgan fingerprint density at radius 2 is 1.80 bits per heavy atom. The Morgan fingerprint density at radius 1 is 1.20 bits per heavy atom. The van der Waals surface area contributed by atoms with Crippen LogP contribution in [0.25, 0.3) is 0 Å². The van der Waals surface area contributed by atoms with Crippen LogP contribution < -0.4 is 10.5 Å². The standard InChI is InChI=1S/C15H25NO3S/c1-4-10-19-14-8-6-13(7-9-14)15(16)11-20(17,18)12(3)5-2/h6-9,12,15H,4-5,10-11,16H2,1-3H3. The van der Waals surface area contributed by atoms with Crippen molar-refractivity contribution in [2.24, 2.45) is 5.73 Å². The van der Waals surface area contributed by atoms with E-state index >= 15 is 0 Å². The monoisotopic (exact) mass is 299 g/mol. The van der Waals surface area contributed by atoms with Gasteiger partial charge in [-0.05, 0) is 37.5 Å². The molecule has 5 heteroatoms. The average Bonchev–Trinajstić information content (AvgIpc) is 2.44. The molecule has 2 unspecified atom stereocenters. The van der Waals surface area contributed by atoms with Crippen molar-refractivity contribution in [1.82, 2.24) is 0 Å². The van der Waals surface area contributed by atoms with Crippen molar-refractivity contribution in [1.29, 1.82) is 0 Å². The van der Waals surface area contributed by atoms with E-state index in [0.29, 0.717) is 13.0 Å². The van der Waals surface area contributed by atoms with Crippen molar-refractivity contribution >= 4 is 9.84 Å². The van der Waals surface area contributed by atoms with E-state index in [4.69, 9.17) is 10.5 Å². The maximum atomic E-state index is 12.0. The van der Waals surface area contributed by atoms with Crippen molar-refractivity contribution in [3.05, 3.63) is 29.8 Å². The molecule has 0 heterocycles. The second-order valence-corrected chi connectivity index (χ2v) is 7.54. The number of sulfone groups is 1. The van der Waals surface area contributed by atoms with Crippen LogP contribution in [-0.2, 0) is 9.84 Å². The quantitative estimate of drug-likeness (QED) is 0.801. The molecule has 0 fully saturated rings. The summed E-state index contributed by atoms with van der Waals surface area (Å²) in [6, 6.07) is 6.85. The molecule has 0 saturated carbocycles. The largest absolute Gasteiger partial charge is 0.494 e. The Morgan fingerprint density at radius 3 is 2.30 bits per heavy atom. The van der Waals surface area contributed by atoms with Crippen LogP contribution in [0.5, 0.6) is 5.75 Å². The third kappa shape index (κ3) is 4.80. The lowest BCUT2D eigenvalue weighted by Crippen LogP contribution is -2.28. The van der Waals surface area contributed by atoms with Gasteiger partial charge in [0, 0.05) is 6.04 Å². The number of hydrogen-bond donors (Lipinski definition) is 1. The van der Waals surface area contributed by atoms with Gasteiger partial charge in [-0.2, -0.15) is 0 Å². The highest BCUT2D eigenvalue weighted by atomic mass is 32.2. The summed E-state index contributed by atoms with van der Waals surface area (Å²) in [6.07, 6.45) is 1.56. The third-order valence-corrected chi connectivity index (χ3v) is 5.76. The molecule has 1 aromatic carbocycles. The highest BCUT2D eigenvalue weighted by Gasteiger charge is 2.23. The van der Waals surface area contributed by atoms with Crippen LogP contribution in [0, 0.1) is 0 Å². The van der Waals surface area contributed by atoms with Crippen LogP contribution in [0.3, 0.4) is 0 Å². The predicted octanol–water partition coefficient (Wildman–Crippen LogP) is 2.69. The van der Waals surface area contributed by atoms with Gasteiger partial charge in [-0.1, -0.05) is 26.0 Å². The maximum Gasteiger partial charge on any atom is 0.154 e. The number of ether oxygens (including phenoxy) is 1. The van der Waals surface area contributed by atoms with Gasteiger partial charge in [0.05, 0.1) is 17.6 Å². The van der Waals surface area contributed by atoms with E-state index in [9.17, 15) is 8.42 Å². The van der Waals surface area contributed by atoms with E-state index in [-0.39, 0.29) is 11.0 Å². The molecule has 0 amide bonds. The summed E-state index contributed by atoms with van der Waals surface area (Å²) >= 11 is 0. The topological polar surface area (TPSA) is 69.4 Å². The Balaban J connectivity index is 2.70. The van der Waals surface area contributed by atoms with E-state index < -0.39 is 15.9 Å². The molecule has 0 bridgehead atoms. The molecule has 20 heavy (non-hydrogen) atoms. The third-order valence-electron chi connectivity index (χ3n) is 3.38. The van der Waals surface area contributed by atoms with Crippen molar-refractivity contribution in [2.75, 3.05) is 12.4 Å². The smallest absolute Gasteiger partial charge is 0.154 e. The Bertz CT molecular complexity index is 496. The molecule has 2 atom stereocenters. The van der Waals surface area contributed by atoms with E-state index in [1.165, 1.54) is 0 Å². The molecule has 2 N–H and O–H groups in total. The zero-order valence-corrected chi connectivity index (χ0v) is 13.3. The molecule has 0 aromatic heterocycles. The van der Waals surface area contributed by atoms with Crippen LogP contribution in [0.1, 0.15) is 45.2 Å². The Labute approximate surface area is 122 Å². The highest BCUT2D eigenvalue weighted by Crippen LogP contribution is 2.19. The first-order chi connectivity index (χ1) is 9.40. The summed E-state index contributed by atoms with van der Waals surface area (Å²) in [7, 11) is -3.14. The molecule has 1 aromatic rings. The van der Waals surface area contributed by atoms with Crippen LogP contribution in [0.15, 0.2) is 24.3 Å². The zero-order valence-electron chi connectivity index (χ0n) is 12.5. The van der Waals surface area contributed by atoms with Gasteiger partial charge in [-0.25, -0.2) is 8.42 Å². The first kappa shape index (κ1) is 17.0. The number of hydrogen-bond acceptors (Lipinski definition) is 4. The molecule has 0 aliphatic carbocycles. The Hall–Kier alpha value is -1.07. The molecule has 114 valence electrons. The lowest BCUT2D eigenvalue weighted by atomic mass is 10.1. The van der Waals surface area contributed by atoms with E-state index in [1.54, 1.807) is 6.92 Å². The van der Waals surface area contributed by atoms with Gasteiger partial charge in [-0.15, -0.1) is 0 Å².